The average Bonchev–Trinajstić information content (AvgIpc) is 3.48. The number of imidazole rings is 1. The number of H-pyrrole nitrogens is 1. The van der Waals surface area contributed by atoms with E-state index in [1.807, 2.05) is 54.3 Å². The molecule has 1 saturated heterocycles. The molecule has 3 N–H and O–H groups in total. The van der Waals surface area contributed by atoms with Crippen LogP contribution in [0.25, 0.3) is 22.6 Å². The van der Waals surface area contributed by atoms with Crippen molar-refractivity contribution < 1.29 is 14.3 Å². The zero-order valence-corrected chi connectivity index (χ0v) is 22.6. The fourth-order valence-corrected chi connectivity index (χ4v) is 5.44. The van der Waals surface area contributed by atoms with Gasteiger partial charge in [-0.15, -0.1) is 0 Å². The van der Waals surface area contributed by atoms with E-state index in [4.69, 9.17) is 14.7 Å². The Hall–Kier alpha value is -4.31. The minimum absolute atomic E-state index is 0.000987. The molecule has 0 unspecified atom stereocenters. The number of hydrogen-bond donors (Lipinski definition) is 3. The van der Waals surface area contributed by atoms with Gasteiger partial charge in [-0.05, 0) is 55.7 Å². The Morgan fingerprint density at radius 1 is 1.00 bits per heavy atom. The Morgan fingerprint density at radius 2 is 1.77 bits per heavy atom. The molecule has 10 nitrogen and oxygen atoms in total. The lowest BCUT2D eigenvalue weighted by Crippen LogP contribution is -2.40. The van der Waals surface area contributed by atoms with Gasteiger partial charge in [0.05, 0.1) is 19.5 Å². The van der Waals surface area contributed by atoms with Gasteiger partial charge in [0, 0.05) is 41.5 Å². The van der Waals surface area contributed by atoms with Crippen molar-refractivity contribution in [3.63, 3.8) is 0 Å². The number of aromatic amines is 1. The number of aromatic nitrogens is 4. The summed E-state index contributed by atoms with van der Waals surface area (Å²) in [6, 6.07) is 13.1. The molecule has 10 heteroatoms. The van der Waals surface area contributed by atoms with Crippen molar-refractivity contribution in [2.24, 2.45) is 5.92 Å². The first-order valence-electron chi connectivity index (χ1n) is 13.9. The molecule has 6 rings (SSSR count). The number of benzene rings is 2. The van der Waals surface area contributed by atoms with Crippen LogP contribution in [-0.2, 0) is 9.53 Å². The van der Waals surface area contributed by atoms with Gasteiger partial charge in [0.25, 0.3) is 5.91 Å². The standard InChI is InChI=1S/C30H33N7O3/c1-19-23(8-5-9-24(19)34-29(38)20-6-3-2-4-7-20)26-35-27-25(31-18-32-27)28(36-26)33-22-12-10-21(11-13-22)30(39)37-14-16-40-17-15-37/h5,8-13,18,20H,2-4,6-7,14-17H2,1H3,(H,34,38)(H2,31,32,33,35,36). The molecule has 40 heavy (non-hydrogen) atoms. The Kier molecular flexibility index (Phi) is 7.41. The van der Waals surface area contributed by atoms with Gasteiger partial charge in [0.2, 0.25) is 5.91 Å². The first-order chi connectivity index (χ1) is 19.6. The second-order valence-electron chi connectivity index (χ2n) is 10.4. The van der Waals surface area contributed by atoms with Crippen molar-refractivity contribution >= 4 is 40.2 Å². The highest BCUT2D eigenvalue weighted by molar-refractivity contribution is 5.96. The van der Waals surface area contributed by atoms with Crippen LogP contribution in [0.5, 0.6) is 0 Å². The predicted molar refractivity (Wildman–Crippen MR) is 154 cm³/mol. The van der Waals surface area contributed by atoms with E-state index in [-0.39, 0.29) is 17.7 Å². The van der Waals surface area contributed by atoms with Crippen molar-refractivity contribution in [3.8, 4) is 11.4 Å². The molecular weight excluding hydrogens is 506 g/mol. The summed E-state index contributed by atoms with van der Waals surface area (Å²) in [5, 5.41) is 6.51. The van der Waals surface area contributed by atoms with Crippen molar-refractivity contribution in [2.45, 2.75) is 39.0 Å². The average molecular weight is 540 g/mol. The molecule has 0 spiro atoms. The molecule has 206 valence electrons. The molecule has 1 aliphatic carbocycles. The van der Waals surface area contributed by atoms with Crippen molar-refractivity contribution in [3.05, 3.63) is 59.9 Å². The lowest BCUT2D eigenvalue weighted by Gasteiger charge is -2.26. The Labute approximate surface area is 232 Å². The highest BCUT2D eigenvalue weighted by atomic mass is 16.5. The molecule has 3 heterocycles. The van der Waals surface area contributed by atoms with Crippen LogP contribution in [0.15, 0.2) is 48.8 Å². The molecule has 1 saturated carbocycles. The Morgan fingerprint density at radius 3 is 2.55 bits per heavy atom. The summed E-state index contributed by atoms with van der Waals surface area (Å²) in [6.45, 7) is 4.31. The summed E-state index contributed by atoms with van der Waals surface area (Å²) in [4.78, 5) is 44.6. The number of hydrogen-bond acceptors (Lipinski definition) is 7. The van der Waals surface area contributed by atoms with Crippen LogP contribution in [0, 0.1) is 12.8 Å². The normalized spacial score (nSPS) is 16.2. The monoisotopic (exact) mass is 539 g/mol. The van der Waals surface area contributed by atoms with Crippen molar-refractivity contribution in [1.29, 1.82) is 0 Å². The van der Waals surface area contributed by atoms with Gasteiger partial charge in [0.1, 0.15) is 5.52 Å². The predicted octanol–water partition coefficient (Wildman–Crippen LogP) is 5.06. The Bertz CT molecular complexity index is 1520. The van der Waals surface area contributed by atoms with Crippen LogP contribution in [0.2, 0.25) is 0 Å². The van der Waals surface area contributed by atoms with Crippen molar-refractivity contribution in [1.82, 2.24) is 24.8 Å². The molecule has 2 aliphatic rings. The number of nitrogens with one attached hydrogen (secondary N) is 3. The van der Waals surface area contributed by atoms with E-state index in [2.05, 4.69) is 20.6 Å². The van der Waals surface area contributed by atoms with E-state index >= 15 is 0 Å². The SMILES string of the molecule is Cc1c(NC(=O)C2CCCCC2)cccc1-c1nc(Nc2ccc(C(=O)N3CCOCC3)cc2)c2[nH]cnc2n1. The molecular formula is C30H33N7O3. The Balaban J connectivity index is 1.25. The van der Waals surface area contributed by atoms with Crippen LogP contribution in [0.1, 0.15) is 48.0 Å². The highest BCUT2D eigenvalue weighted by Gasteiger charge is 2.23. The number of rotatable bonds is 6. The molecule has 2 aromatic heterocycles. The van der Waals surface area contributed by atoms with E-state index in [9.17, 15) is 9.59 Å². The van der Waals surface area contributed by atoms with Gasteiger partial charge in [-0.3, -0.25) is 9.59 Å². The molecule has 4 aromatic rings. The summed E-state index contributed by atoms with van der Waals surface area (Å²) in [5.41, 5.74) is 5.11. The summed E-state index contributed by atoms with van der Waals surface area (Å²) >= 11 is 0. The number of carbonyl (C=O) groups excluding carboxylic acids is 2. The first kappa shape index (κ1) is 25.9. The second-order valence-corrected chi connectivity index (χ2v) is 10.4. The number of carbonyl (C=O) groups is 2. The van der Waals surface area contributed by atoms with Gasteiger partial charge in [-0.1, -0.05) is 31.4 Å². The third-order valence-electron chi connectivity index (χ3n) is 7.79. The topological polar surface area (TPSA) is 125 Å². The minimum Gasteiger partial charge on any atom is -0.378 e. The van der Waals surface area contributed by atoms with Crippen LogP contribution in [0.3, 0.4) is 0 Å². The van der Waals surface area contributed by atoms with Gasteiger partial charge in [0.15, 0.2) is 17.3 Å². The van der Waals surface area contributed by atoms with E-state index in [1.54, 1.807) is 6.33 Å². The van der Waals surface area contributed by atoms with Crippen LogP contribution in [0.4, 0.5) is 17.2 Å². The van der Waals surface area contributed by atoms with E-state index < -0.39 is 0 Å². The highest BCUT2D eigenvalue weighted by Crippen LogP contribution is 2.31. The number of nitrogens with zero attached hydrogens (tertiary/aromatic N) is 4. The summed E-state index contributed by atoms with van der Waals surface area (Å²) in [5.74, 6) is 1.23. The largest absolute Gasteiger partial charge is 0.378 e. The van der Waals surface area contributed by atoms with Crippen molar-refractivity contribution in [2.75, 3.05) is 36.9 Å². The molecule has 2 aromatic carbocycles. The molecule has 0 atom stereocenters. The summed E-state index contributed by atoms with van der Waals surface area (Å²) in [6.07, 6.45) is 6.90. The lowest BCUT2D eigenvalue weighted by atomic mass is 9.88. The van der Waals surface area contributed by atoms with Crippen LogP contribution >= 0.6 is 0 Å². The van der Waals surface area contributed by atoms with Gasteiger partial charge < -0.3 is 25.3 Å². The van der Waals surface area contributed by atoms with Crippen LogP contribution in [-0.4, -0.2) is 63.0 Å². The van der Waals surface area contributed by atoms with E-state index in [1.165, 1.54) is 6.42 Å². The third-order valence-corrected chi connectivity index (χ3v) is 7.79. The zero-order chi connectivity index (χ0) is 27.5. The minimum atomic E-state index is 0.000987. The zero-order valence-electron chi connectivity index (χ0n) is 22.6. The summed E-state index contributed by atoms with van der Waals surface area (Å²) in [7, 11) is 0. The molecule has 2 fully saturated rings. The molecule has 0 radical (unpaired) electrons. The van der Waals surface area contributed by atoms with E-state index in [0.717, 1.165) is 48.2 Å². The summed E-state index contributed by atoms with van der Waals surface area (Å²) < 4.78 is 5.35. The molecule has 1 aliphatic heterocycles. The van der Waals surface area contributed by atoms with E-state index in [0.29, 0.717) is 54.7 Å². The van der Waals surface area contributed by atoms with Gasteiger partial charge in [-0.25, -0.2) is 15.0 Å². The fourth-order valence-electron chi connectivity index (χ4n) is 5.44. The maximum Gasteiger partial charge on any atom is 0.254 e. The third kappa shape index (κ3) is 5.40. The number of amides is 2. The second kappa shape index (κ2) is 11.4. The smallest absolute Gasteiger partial charge is 0.254 e. The fraction of sp³-hybridized carbons (Fsp3) is 0.367. The number of anilines is 3. The maximum absolute atomic E-state index is 12.9. The maximum atomic E-state index is 12.9. The first-order valence-corrected chi connectivity index (χ1v) is 13.9. The molecule has 0 bridgehead atoms. The number of morpholine rings is 1. The van der Waals surface area contributed by atoms with Gasteiger partial charge in [-0.2, -0.15) is 0 Å². The lowest BCUT2D eigenvalue weighted by molar-refractivity contribution is -0.120. The number of ether oxygens (including phenoxy) is 1. The van der Waals surface area contributed by atoms with Crippen LogP contribution < -0.4 is 10.6 Å². The van der Waals surface area contributed by atoms with Gasteiger partial charge >= 0.3 is 0 Å². The molecule has 2 amide bonds. The number of fused-ring (bicyclic) bond motifs is 1. The quantitative estimate of drug-likeness (QED) is 0.313.